The number of ketones is 1. The molecule has 220 valence electrons. The Hall–Kier alpha value is -3.60. The van der Waals surface area contributed by atoms with Crippen LogP contribution in [0.3, 0.4) is 0 Å². The van der Waals surface area contributed by atoms with Gasteiger partial charge in [-0.1, -0.05) is 61.5 Å². The highest BCUT2D eigenvalue weighted by atomic mass is 32.1. The van der Waals surface area contributed by atoms with Gasteiger partial charge >= 0.3 is 0 Å². The number of aromatic nitrogens is 4. The molecule has 0 unspecified atom stereocenters. The predicted octanol–water partition coefficient (Wildman–Crippen LogP) is 5.54. The van der Waals surface area contributed by atoms with E-state index in [9.17, 15) is 9.90 Å². The van der Waals surface area contributed by atoms with Crippen molar-refractivity contribution in [3.63, 3.8) is 0 Å². The first-order valence-corrected chi connectivity index (χ1v) is 15.2. The molecule has 9 nitrogen and oxygen atoms in total. The molecule has 1 saturated carbocycles. The van der Waals surface area contributed by atoms with Gasteiger partial charge in [-0.25, -0.2) is 9.97 Å². The second-order valence-electron chi connectivity index (χ2n) is 12.5. The highest BCUT2D eigenvalue weighted by Crippen LogP contribution is 2.50. The monoisotopic (exact) mass is 588 g/mol. The van der Waals surface area contributed by atoms with Crippen molar-refractivity contribution >= 4 is 32.4 Å². The third-order valence-corrected chi connectivity index (χ3v) is 8.93. The Morgan fingerprint density at radius 3 is 2.62 bits per heavy atom. The quantitative estimate of drug-likeness (QED) is 0.195. The summed E-state index contributed by atoms with van der Waals surface area (Å²) in [5, 5.41) is 22.8. The van der Waals surface area contributed by atoms with Gasteiger partial charge in [0.05, 0.1) is 42.6 Å². The van der Waals surface area contributed by atoms with Gasteiger partial charge in [0, 0.05) is 41.1 Å². The van der Waals surface area contributed by atoms with Crippen LogP contribution in [0.4, 0.5) is 0 Å². The molecule has 4 heterocycles. The molecule has 42 heavy (non-hydrogen) atoms. The van der Waals surface area contributed by atoms with Crippen LogP contribution in [0.2, 0.25) is 0 Å². The van der Waals surface area contributed by atoms with Gasteiger partial charge in [0.15, 0.2) is 4.96 Å². The Morgan fingerprint density at radius 1 is 1.14 bits per heavy atom. The summed E-state index contributed by atoms with van der Waals surface area (Å²) in [5.41, 5.74) is 4.37. The molecule has 0 amide bonds. The zero-order valence-corrected chi connectivity index (χ0v) is 25.0. The number of pyridine rings is 1. The van der Waals surface area contributed by atoms with Crippen molar-refractivity contribution in [3.8, 4) is 17.1 Å². The largest absolute Gasteiger partial charge is 0.477 e. The fourth-order valence-corrected chi connectivity index (χ4v) is 6.03. The highest BCUT2D eigenvalue weighted by Gasteiger charge is 2.43. The number of hydrogen-bond acceptors (Lipinski definition) is 9. The first-order chi connectivity index (χ1) is 20.1. The Labute approximate surface area is 248 Å². The molecule has 0 spiro atoms. The average molecular weight is 589 g/mol. The van der Waals surface area contributed by atoms with Gasteiger partial charge < -0.3 is 19.5 Å². The molecule has 0 radical (unpaired) electrons. The Bertz CT molecular complexity index is 1710. The van der Waals surface area contributed by atoms with E-state index in [2.05, 4.69) is 25.9 Å². The van der Waals surface area contributed by atoms with Crippen LogP contribution in [0.1, 0.15) is 63.5 Å². The third kappa shape index (κ3) is 6.25. The van der Waals surface area contributed by atoms with Gasteiger partial charge in [-0.15, -0.1) is 0 Å². The van der Waals surface area contributed by atoms with Crippen LogP contribution in [0.5, 0.6) is 5.88 Å². The minimum Gasteiger partial charge on any atom is -0.477 e. The number of benzene rings is 1. The first kappa shape index (κ1) is 28.5. The molecule has 1 atom stereocenters. The van der Waals surface area contributed by atoms with Crippen LogP contribution >= 0.6 is 11.3 Å². The summed E-state index contributed by atoms with van der Waals surface area (Å²) >= 11 is 1.51. The number of thiazole rings is 1. The van der Waals surface area contributed by atoms with Crippen LogP contribution in [0.15, 0.2) is 53.2 Å². The molecule has 2 N–H and O–H groups in total. The van der Waals surface area contributed by atoms with Crippen molar-refractivity contribution < 1.29 is 24.3 Å². The number of aliphatic hydroxyl groups excluding tert-OH is 2. The van der Waals surface area contributed by atoms with Crippen LogP contribution in [-0.2, 0) is 23.1 Å². The van der Waals surface area contributed by atoms with E-state index in [1.807, 2.05) is 53.1 Å². The van der Waals surface area contributed by atoms with Crippen molar-refractivity contribution in [1.82, 2.24) is 19.5 Å². The Morgan fingerprint density at radius 2 is 1.93 bits per heavy atom. The number of fused-ring (bicyclic) bond motifs is 3. The lowest BCUT2D eigenvalue weighted by atomic mass is 9.93. The molecule has 0 saturated heterocycles. The average Bonchev–Trinajstić information content (AvgIpc) is 3.23. The van der Waals surface area contributed by atoms with Crippen molar-refractivity contribution in [2.24, 2.45) is 5.41 Å². The zero-order valence-electron chi connectivity index (χ0n) is 24.2. The number of rotatable bonds is 12. The number of Topliss-reactive ketones (excluding diaryl/α,β-unsaturated/α-hetero) is 1. The molecular weight excluding hydrogens is 552 g/mol. The molecule has 1 aliphatic rings. The van der Waals surface area contributed by atoms with Crippen molar-refractivity contribution in [3.05, 3.63) is 65.7 Å². The lowest BCUT2D eigenvalue weighted by Crippen LogP contribution is -2.18. The Kier molecular flexibility index (Phi) is 7.63. The maximum absolute atomic E-state index is 12.7. The molecule has 1 fully saturated rings. The number of carbonyl (C=O) groups is 1. The summed E-state index contributed by atoms with van der Waals surface area (Å²) in [5.74, 6) is 1.46. The van der Waals surface area contributed by atoms with Crippen LogP contribution in [0, 0.1) is 5.41 Å². The number of nitrogens with zero attached hydrogens (tertiary/aromatic N) is 4. The first-order valence-electron chi connectivity index (χ1n) is 14.4. The molecule has 6 rings (SSSR count). The minimum absolute atomic E-state index is 0.0851. The summed E-state index contributed by atoms with van der Waals surface area (Å²) in [6, 6.07) is 13.7. The summed E-state index contributed by atoms with van der Waals surface area (Å²) in [6.45, 7) is 6.52. The van der Waals surface area contributed by atoms with Gasteiger partial charge in [-0.05, 0) is 37.3 Å². The van der Waals surface area contributed by atoms with Crippen LogP contribution < -0.4 is 4.74 Å². The number of aliphatic hydroxyl groups is 2. The molecular formula is C32H36N4O5S. The van der Waals surface area contributed by atoms with Crippen molar-refractivity contribution in [2.75, 3.05) is 13.2 Å². The van der Waals surface area contributed by atoms with E-state index in [4.69, 9.17) is 24.3 Å². The van der Waals surface area contributed by atoms with Crippen molar-refractivity contribution in [2.45, 2.75) is 70.8 Å². The maximum atomic E-state index is 12.7. The molecule has 10 heteroatoms. The summed E-state index contributed by atoms with van der Waals surface area (Å²) in [6.07, 6.45) is 5.50. The van der Waals surface area contributed by atoms with E-state index < -0.39 is 6.10 Å². The standard InChI is InChI=1S/C32H36N4O5S/c1-31(2,3)27-16-22(35-41-27)15-24(39)14-20-4-6-21(7-5-20)25-17-36-26-8-9-28(34-29(26)42-30(36)33-25)40-19-32(12-13-32)11-10-23(38)18-37/h4-9,16-17,23,37-38H,10-15,18-19H2,1-3H3/t23-/m0/s1. The number of ether oxygens (including phenoxy) is 1. The lowest BCUT2D eigenvalue weighted by molar-refractivity contribution is -0.117. The van der Waals surface area contributed by atoms with Crippen LogP contribution in [0.25, 0.3) is 26.6 Å². The summed E-state index contributed by atoms with van der Waals surface area (Å²) in [4.78, 5) is 23.9. The van der Waals surface area contributed by atoms with E-state index in [-0.39, 0.29) is 29.6 Å². The van der Waals surface area contributed by atoms with Crippen LogP contribution in [-0.4, -0.2) is 54.8 Å². The van der Waals surface area contributed by atoms with Gasteiger partial charge in [0.25, 0.3) is 0 Å². The SMILES string of the molecule is CC(C)(C)c1cc(CC(=O)Cc2ccc(-c3cn4c(n3)sc3nc(OCC5(CC[C@H](O)CO)CC5)ccc34)cc2)no1. The van der Waals surface area contributed by atoms with Gasteiger partial charge in [-0.2, -0.15) is 0 Å². The van der Waals surface area contributed by atoms with Crippen molar-refractivity contribution in [1.29, 1.82) is 0 Å². The van der Waals surface area contributed by atoms with Gasteiger partial charge in [0.2, 0.25) is 5.88 Å². The molecule has 4 aromatic heterocycles. The number of hydrogen-bond donors (Lipinski definition) is 2. The molecule has 5 aromatic rings. The van der Waals surface area contributed by atoms with Gasteiger partial charge in [-0.3, -0.25) is 9.20 Å². The second kappa shape index (κ2) is 11.2. The van der Waals surface area contributed by atoms with E-state index >= 15 is 0 Å². The topological polar surface area (TPSA) is 123 Å². The normalized spacial score (nSPS) is 15.4. The zero-order chi connectivity index (χ0) is 29.5. The third-order valence-electron chi connectivity index (χ3n) is 7.97. The number of imidazole rings is 1. The summed E-state index contributed by atoms with van der Waals surface area (Å²) < 4.78 is 13.5. The Balaban J connectivity index is 1.08. The molecule has 0 bridgehead atoms. The maximum Gasteiger partial charge on any atom is 0.214 e. The molecule has 1 aromatic carbocycles. The van der Waals surface area contributed by atoms with E-state index in [0.717, 1.165) is 57.2 Å². The second-order valence-corrected chi connectivity index (χ2v) is 13.5. The number of carbonyl (C=O) groups excluding carboxylic acids is 1. The minimum atomic E-state index is -0.662. The predicted molar refractivity (Wildman–Crippen MR) is 161 cm³/mol. The van der Waals surface area contributed by atoms with E-state index in [0.29, 0.717) is 31.0 Å². The summed E-state index contributed by atoms with van der Waals surface area (Å²) in [7, 11) is 0. The van der Waals surface area contributed by atoms with E-state index in [1.165, 1.54) is 11.3 Å². The molecule has 1 aliphatic carbocycles. The highest BCUT2D eigenvalue weighted by molar-refractivity contribution is 7.23. The smallest absolute Gasteiger partial charge is 0.214 e. The van der Waals surface area contributed by atoms with Gasteiger partial charge in [0.1, 0.15) is 16.4 Å². The fraction of sp³-hybridized carbons (Fsp3) is 0.438. The molecule has 0 aliphatic heterocycles. The fourth-order valence-electron chi connectivity index (χ4n) is 5.06. The lowest BCUT2D eigenvalue weighted by Gasteiger charge is -2.17. The van der Waals surface area contributed by atoms with E-state index in [1.54, 1.807) is 0 Å².